The summed E-state index contributed by atoms with van der Waals surface area (Å²) in [5.41, 5.74) is 0.717. The van der Waals surface area contributed by atoms with Crippen LogP contribution in [0, 0.1) is 11.3 Å². The topological polar surface area (TPSA) is 64.3 Å². The van der Waals surface area contributed by atoms with Crippen LogP contribution in [-0.4, -0.2) is 30.0 Å². The maximum absolute atomic E-state index is 11.6. The lowest BCUT2D eigenvalue weighted by Gasteiger charge is -2.08. The van der Waals surface area contributed by atoms with Crippen LogP contribution in [0.2, 0.25) is 0 Å². The van der Waals surface area contributed by atoms with E-state index >= 15 is 0 Å². The molecule has 0 spiro atoms. The van der Waals surface area contributed by atoms with E-state index in [1.54, 1.807) is 26.2 Å². The van der Waals surface area contributed by atoms with E-state index in [1.165, 1.54) is 17.0 Å². The van der Waals surface area contributed by atoms with Gasteiger partial charge in [-0.3, -0.25) is 4.79 Å². The van der Waals surface area contributed by atoms with Crippen LogP contribution < -0.4 is 0 Å². The van der Waals surface area contributed by atoms with Crippen molar-refractivity contribution >= 4 is 27.9 Å². The van der Waals surface area contributed by atoms with E-state index in [0.29, 0.717) is 10.0 Å². The predicted molar refractivity (Wildman–Crippen MR) is 68.1 cm³/mol. The number of nitriles is 1. The summed E-state index contributed by atoms with van der Waals surface area (Å²) in [5, 5.41) is 18.2. The minimum absolute atomic E-state index is 0.0487. The maximum atomic E-state index is 11.6. The van der Waals surface area contributed by atoms with Gasteiger partial charge in [-0.1, -0.05) is 6.07 Å². The molecule has 0 radical (unpaired) electrons. The number of hydrogen-bond acceptors (Lipinski definition) is 3. The quantitative estimate of drug-likeness (QED) is 0.671. The zero-order valence-corrected chi connectivity index (χ0v) is 11.0. The fourth-order valence-corrected chi connectivity index (χ4v) is 1.56. The Labute approximate surface area is 108 Å². The molecule has 88 valence electrons. The van der Waals surface area contributed by atoms with Crippen molar-refractivity contribution in [1.29, 1.82) is 5.26 Å². The van der Waals surface area contributed by atoms with Gasteiger partial charge in [-0.05, 0) is 39.7 Å². The molecular formula is C12H11BrN2O2. The van der Waals surface area contributed by atoms with E-state index in [-0.39, 0.29) is 17.2 Å². The molecule has 0 aliphatic carbocycles. The Balaban J connectivity index is 3.12. The highest BCUT2D eigenvalue weighted by Crippen LogP contribution is 2.25. The van der Waals surface area contributed by atoms with Crippen molar-refractivity contribution in [2.24, 2.45) is 0 Å². The number of aromatic hydroxyl groups is 1. The van der Waals surface area contributed by atoms with Gasteiger partial charge in [0.2, 0.25) is 0 Å². The lowest BCUT2D eigenvalue weighted by molar-refractivity contribution is -0.124. The van der Waals surface area contributed by atoms with Crippen molar-refractivity contribution in [3.05, 3.63) is 33.8 Å². The molecule has 0 bridgehead atoms. The van der Waals surface area contributed by atoms with Crippen LogP contribution in [0.1, 0.15) is 5.56 Å². The number of phenols is 1. The summed E-state index contributed by atoms with van der Waals surface area (Å²) in [6.07, 6.45) is 1.48. The highest BCUT2D eigenvalue weighted by Gasteiger charge is 2.11. The first-order chi connectivity index (χ1) is 7.95. The summed E-state index contributed by atoms with van der Waals surface area (Å²) in [4.78, 5) is 12.9. The second kappa shape index (κ2) is 5.51. The van der Waals surface area contributed by atoms with Gasteiger partial charge in [0.15, 0.2) is 0 Å². The highest BCUT2D eigenvalue weighted by atomic mass is 79.9. The number of rotatable bonds is 2. The van der Waals surface area contributed by atoms with Gasteiger partial charge in [0, 0.05) is 14.1 Å². The zero-order valence-electron chi connectivity index (χ0n) is 9.44. The molecule has 1 aromatic rings. The third-order valence-electron chi connectivity index (χ3n) is 2.04. The van der Waals surface area contributed by atoms with Crippen LogP contribution in [-0.2, 0) is 4.79 Å². The second-order valence-electron chi connectivity index (χ2n) is 3.58. The molecule has 5 heteroatoms. The Morgan fingerprint density at radius 1 is 1.53 bits per heavy atom. The highest BCUT2D eigenvalue weighted by molar-refractivity contribution is 9.10. The van der Waals surface area contributed by atoms with Gasteiger partial charge in [-0.15, -0.1) is 0 Å². The van der Waals surface area contributed by atoms with Crippen molar-refractivity contribution in [3.8, 4) is 11.8 Å². The molecule has 0 heterocycles. The maximum Gasteiger partial charge on any atom is 0.264 e. The van der Waals surface area contributed by atoms with Crippen molar-refractivity contribution in [2.75, 3.05) is 14.1 Å². The number of phenolic OH excluding ortho intramolecular Hbond substituents is 1. The summed E-state index contributed by atoms with van der Waals surface area (Å²) in [6, 6.07) is 6.61. The van der Waals surface area contributed by atoms with Crippen molar-refractivity contribution in [2.45, 2.75) is 0 Å². The van der Waals surface area contributed by atoms with Gasteiger partial charge in [0.05, 0.1) is 4.47 Å². The predicted octanol–water partition coefficient (Wildman–Crippen LogP) is 2.15. The summed E-state index contributed by atoms with van der Waals surface area (Å²) in [7, 11) is 3.17. The molecule has 0 aliphatic rings. The molecular weight excluding hydrogens is 284 g/mol. The standard InChI is InChI=1S/C12H11BrN2O2/c1-15(2)12(17)9(7-14)5-8-3-4-11(16)10(13)6-8/h3-6,16H,1-2H3/b9-5+. The molecule has 0 saturated heterocycles. The van der Waals surface area contributed by atoms with Gasteiger partial charge in [0.1, 0.15) is 17.4 Å². The number of likely N-dealkylation sites (N-methyl/N-ethyl adjacent to an activating group) is 1. The van der Waals surface area contributed by atoms with E-state index < -0.39 is 0 Å². The van der Waals surface area contributed by atoms with Crippen molar-refractivity contribution < 1.29 is 9.90 Å². The van der Waals surface area contributed by atoms with E-state index in [0.717, 1.165) is 0 Å². The molecule has 0 aliphatic heterocycles. The third kappa shape index (κ3) is 3.33. The number of halogens is 1. The van der Waals surface area contributed by atoms with E-state index in [2.05, 4.69) is 15.9 Å². The van der Waals surface area contributed by atoms with Crippen LogP contribution in [0.4, 0.5) is 0 Å². The van der Waals surface area contributed by atoms with E-state index in [4.69, 9.17) is 5.26 Å². The van der Waals surface area contributed by atoms with Gasteiger partial charge in [-0.25, -0.2) is 0 Å². The number of benzene rings is 1. The molecule has 0 unspecified atom stereocenters. The number of amides is 1. The Kier molecular flexibility index (Phi) is 4.30. The lowest BCUT2D eigenvalue weighted by atomic mass is 10.1. The molecule has 4 nitrogen and oxygen atoms in total. The molecule has 1 aromatic carbocycles. The number of carbonyl (C=O) groups is 1. The Hall–Kier alpha value is -1.80. The largest absolute Gasteiger partial charge is 0.507 e. The minimum Gasteiger partial charge on any atom is -0.507 e. The van der Waals surface area contributed by atoms with Crippen molar-refractivity contribution in [3.63, 3.8) is 0 Å². The second-order valence-corrected chi connectivity index (χ2v) is 4.43. The fraction of sp³-hybridized carbons (Fsp3) is 0.167. The summed E-state index contributed by atoms with van der Waals surface area (Å²) in [6.45, 7) is 0. The Morgan fingerprint density at radius 3 is 2.65 bits per heavy atom. The Bertz CT molecular complexity index is 516. The van der Waals surface area contributed by atoms with E-state index in [1.807, 2.05) is 6.07 Å². The number of nitrogens with zero attached hydrogens (tertiary/aromatic N) is 2. The normalized spacial score (nSPS) is 10.8. The SMILES string of the molecule is CN(C)C(=O)/C(C#N)=C/c1ccc(O)c(Br)c1. The van der Waals surface area contributed by atoms with Crippen LogP contribution in [0.5, 0.6) is 5.75 Å². The van der Waals surface area contributed by atoms with Crippen LogP contribution in [0.15, 0.2) is 28.2 Å². The average molecular weight is 295 g/mol. The molecule has 0 atom stereocenters. The van der Waals surface area contributed by atoms with E-state index in [9.17, 15) is 9.90 Å². The molecule has 1 N–H and O–H groups in total. The molecule has 1 amide bonds. The first kappa shape index (κ1) is 13.3. The van der Waals surface area contributed by atoms with Gasteiger partial charge >= 0.3 is 0 Å². The van der Waals surface area contributed by atoms with Gasteiger partial charge in [0.25, 0.3) is 5.91 Å². The summed E-state index contributed by atoms with van der Waals surface area (Å²) >= 11 is 3.17. The van der Waals surface area contributed by atoms with Crippen LogP contribution >= 0.6 is 15.9 Å². The van der Waals surface area contributed by atoms with Gasteiger partial charge in [-0.2, -0.15) is 5.26 Å². The lowest BCUT2D eigenvalue weighted by Crippen LogP contribution is -2.22. The number of hydrogen-bond donors (Lipinski definition) is 1. The first-order valence-electron chi connectivity index (χ1n) is 4.77. The smallest absolute Gasteiger partial charge is 0.264 e. The average Bonchev–Trinajstić information content (AvgIpc) is 2.29. The Morgan fingerprint density at radius 2 is 2.18 bits per heavy atom. The van der Waals surface area contributed by atoms with Crippen LogP contribution in [0.25, 0.3) is 6.08 Å². The molecule has 0 fully saturated rings. The molecule has 0 aromatic heterocycles. The first-order valence-corrected chi connectivity index (χ1v) is 5.57. The molecule has 17 heavy (non-hydrogen) atoms. The van der Waals surface area contributed by atoms with Gasteiger partial charge < -0.3 is 10.0 Å². The number of carbonyl (C=O) groups excluding carboxylic acids is 1. The van der Waals surface area contributed by atoms with Crippen LogP contribution in [0.3, 0.4) is 0 Å². The monoisotopic (exact) mass is 294 g/mol. The fourth-order valence-electron chi connectivity index (χ4n) is 1.16. The zero-order chi connectivity index (χ0) is 13.0. The molecule has 0 saturated carbocycles. The minimum atomic E-state index is -0.350. The summed E-state index contributed by atoms with van der Waals surface area (Å²) < 4.78 is 0.515. The molecule has 1 rings (SSSR count). The summed E-state index contributed by atoms with van der Waals surface area (Å²) in [5.74, 6) is -0.240. The third-order valence-corrected chi connectivity index (χ3v) is 2.67. The van der Waals surface area contributed by atoms with Crippen molar-refractivity contribution in [1.82, 2.24) is 4.90 Å².